The van der Waals surface area contributed by atoms with E-state index < -0.39 is 0 Å². The predicted molar refractivity (Wildman–Crippen MR) is 110 cm³/mol. The van der Waals surface area contributed by atoms with Gasteiger partial charge in [0.15, 0.2) is 10.6 Å². The van der Waals surface area contributed by atoms with E-state index in [2.05, 4.69) is 45.7 Å². The molecule has 0 saturated carbocycles. The molecule has 3 aromatic rings. The third-order valence-corrected chi connectivity index (χ3v) is 6.22. The maximum Gasteiger partial charge on any atom is 0.199 e. The maximum absolute atomic E-state index is 5.74. The van der Waals surface area contributed by atoms with Crippen molar-refractivity contribution in [2.75, 3.05) is 6.54 Å². The number of hydrogen-bond donors (Lipinski definition) is 0. The van der Waals surface area contributed by atoms with Crippen molar-refractivity contribution in [3.05, 3.63) is 70.1 Å². The van der Waals surface area contributed by atoms with Crippen molar-refractivity contribution in [2.45, 2.75) is 32.1 Å². The second kappa shape index (κ2) is 7.70. The summed E-state index contributed by atoms with van der Waals surface area (Å²) < 4.78 is 4.78. The van der Waals surface area contributed by atoms with Crippen LogP contribution in [0.1, 0.15) is 23.8 Å². The van der Waals surface area contributed by atoms with Crippen molar-refractivity contribution < 1.29 is 0 Å². The van der Waals surface area contributed by atoms with E-state index in [1.165, 1.54) is 17.7 Å². The highest BCUT2D eigenvalue weighted by molar-refractivity contribution is 7.71. The van der Waals surface area contributed by atoms with Crippen LogP contribution in [0.5, 0.6) is 0 Å². The Morgan fingerprint density at radius 2 is 2.08 bits per heavy atom. The van der Waals surface area contributed by atoms with Gasteiger partial charge in [0, 0.05) is 29.6 Å². The zero-order valence-electron chi connectivity index (χ0n) is 14.6. The fourth-order valence-electron chi connectivity index (χ4n) is 3.60. The summed E-state index contributed by atoms with van der Waals surface area (Å²) in [5.41, 5.74) is 1.08. The second-order valence-electron chi connectivity index (χ2n) is 6.50. The van der Waals surface area contributed by atoms with Gasteiger partial charge in [0.25, 0.3) is 0 Å². The first-order valence-electron chi connectivity index (χ1n) is 8.89. The van der Waals surface area contributed by atoms with Crippen molar-refractivity contribution in [3.63, 3.8) is 0 Å². The Morgan fingerprint density at radius 1 is 1.23 bits per heavy atom. The molecular formula is C20H22N4S2. The molecule has 1 saturated heterocycles. The topological polar surface area (TPSA) is 26.0 Å². The van der Waals surface area contributed by atoms with E-state index in [-0.39, 0.29) is 0 Å². The fourth-order valence-corrected chi connectivity index (χ4v) is 4.75. The van der Waals surface area contributed by atoms with Crippen molar-refractivity contribution >= 4 is 23.6 Å². The lowest BCUT2D eigenvalue weighted by atomic mass is 10.2. The summed E-state index contributed by atoms with van der Waals surface area (Å²) in [6, 6.07) is 15.1. The molecule has 0 spiro atoms. The van der Waals surface area contributed by atoms with Crippen LogP contribution in [-0.4, -0.2) is 25.8 Å². The van der Waals surface area contributed by atoms with Gasteiger partial charge < -0.3 is 0 Å². The van der Waals surface area contributed by atoms with Crippen LogP contribution in [0.2, 0.25) is 0 Å². The largest absolute Gasteiger partial charge is 0.296 e. The average molecular weight is 383 g/mol. The molecule has 3 heterocycles. The number of rotatable bonds is 6. The van der Waals surface area contributed by atoms with Crippen LogP contribution in [-0.2, 0) is 13.2 Å². The van der Waals surface area contributed by atoms with Gasteiger partial charge in [-0.2, -0.15) is 5.10 Å². The van der Waals surface area contributed by atoms with Crippen molar-refractivity contribution in [1.82, 2.24) is 19.2 Å². The molecule has 1 aliphatic heterocycles. The van der Waals surface area contributed by atoms with Gasteiger partial charge in [0.1, 0.15) is 0 Å². The van der Waals surface area contributed by atoms with Gasteiger partial charge in [-0.3, -0.25) is 9.47 Å². The smallest absolute Gasteiger partial charge is 0.199 e. The third kappa shape index (κ3) is 3.32. The molecule has 0 N–H and O–H groups in total. The molecule has 4 rings (SSSR count). The lowest BCUT2D eigenvalue weighted by Crippen LogP contribution is -2.26. The average Bonchev–Trinajstić information content (AvgIpc) is 3.39. The van der Waals surface area contributed by atoms with Crippen LogP contribution in [0.3, 0.4) is 0 Å². The molecule has 0 aliphatic carbocycles. The lowest BCUT2D eigenvalue weighted by Gasteiger charge is -2.23. The third-order valence-electron chi connectivity index (χ3n) is 4.82. The van der Waals surface area contributed by atoms with Crippen LogP contribution in [0.25, 0.3) is 11.4 Å². The van der Waals surface area contributed by atoms with Gasteiger partial charge in [0.05, 0.1) is 6.67 Å². The Balaban J connectivity index is 1.67. The summed E-state index contributed by atoms with van der Waals surface area (Å²) in [6.45, 7) is 6.35. The molecule has 4 nitrogen and oxygen atoms in total. The molecule has 6 heteroatoms. The minimum Gasteiger partial charge on any atom is -0.296 e. The predicted octanol–water partition coefficient (Wildman–Crippen LogP) is 5.12. The number of hydrogen-bond acceptors (Lipinski definition) is 4. The number of thiophene rings is 1. The zero-order valence-corrected chi connectivity index (χ0v) is 16.3. The summed E-state index contributed by atoms with van der Waals surface area (Å²) >= 11 is 7.58. The quantitative estimate of drug-likeness (QED) is 0.437. The normalized spacial score (nSPS) is 17.6. The van der Waals surface area contributed by atoms with E-state index in [0.717, 1.165) is 29.4 Å². The van der Waals surface area contributed by atoms with E-state index in [0.29, 0.717) is 12.6 Å². The number of benzene rings is 1. The standard InChI is InChI=1S/C20H22N4S2/c1-2-12-23-19(16-8-4-3-5-9-16)21-24(20(23)25)15-22-13-6-10-17(22)18-11-7-14-26-18/h2-5,7-9,11,14,17H,1,6,10,12-13,15H2/t17-/m0/s1. The number of nitrogens with zero attached hydrogens (tertiary/aromatic N) is 4. The van der Waals surface area contributed by atoms with Crippen molar-refractivity contribution in [2.24, 2.45) is 0 Å². The SMILES string of the molecule is C=CCn1c(-c2ccccc2)nn(CN2CCC[C@H]2c2cccs2)c1=S. The Labute approximate surface area is 163 Å². The molecule has 0 amide bonds. The maximum atomic E-state index is 5.74. The summed E-state index contributed by atoms with van der Waals surface area (Å²) in [5, 5.41) is 7.02. The van der Waals surface area contributed by atoms with Crippen LogP contribution in [0.4, 0.5) is 0 Å². The van der Waals surface area contributed by atoms with Crippen molar-refractivity contribution in [1.29, 1.82) is 0 Å². The molecule has 0 radical (unpaired) electrons. The highest BCUT2D eigenvalue weighted by atomic mass is 32.1. The van der Waals surface area contributed by atoms with Gasteiger partial charge in [-0.1, -0.05) is 42.5 Å². The summed E-state index contributed by atoms with van der Waals surface area (Å²) in [5.74, 6) is 0.905. The molecule has 26 heavy (non-hydrogen) atoms. The summed E-state index contributed by atoms with van der Waals surface area (Å²) in [6.07, 6.45) is 4.29. The monoisotopic (exact) mass is 382 g/mol. The molecule has 1 aliphatic rings. The van der Waals surface area contributed by atoms with Gasteiger partial charge in [-0.05, 0) is 36.5 Å². The van der Waals surface area contributed by atoms with Gasteiger partial charge in [-0.25, -0.2) is 4.68 Å². The van der Waals surface area contributed by atoms with Crippen LogP contribution >= 0.6 is 23.6 Å². The molecule has 1 fully saturated rings. The molecular weight excluding hydrogens is 360 g/mol. The first-order valence-corrected chi connectivity index (χ1v) is 10.2. The summed E-state index contributed by atoms with van der Waals surface area (Å²) in [7, 11) is 0. The fraction of sp³-hybridized carbons (Fsp3) is 0.300. The van der Waals surface area contributed by atoms with Gasteiger partial charge in [0.2, 0.25) is 0 Å². The Kier molecular flexibility index (Phi) is 5.15. The second-order valence-corrected chi connectivity index (χ2v) is 7.84. The minimum absolute atomic E-state index is 0.474. The van der Waals surface area contributed by atoms with Gasteiger partial charge in [-0.15, -0.1) is 17.9 Å². The number of likely N-dealkylation sites (tertiary alicyclic amines) is 1. The van der Waals surface area contributed by atoms with E-state index in [1.807, 2.05) is 40.3 Å². The van der Waals surface area contributed by atoms with E-state index >= 15 is 0 Å². The molecule has 1 atom stereocenters. The van der Waals surface area contributed by atoms with E-state index in [4.69, 9.17) is 17.3 Å². The molecule has 134 valence electrons. The Bertz CT molecular complexity index is 925. The summed E-state index contributed by atoms with van der Waals surface area (Å²) in [4.78, 5) is 3.92. The van der Waals surface area contributed by atoms with Crippen LogP contribution in [0, 0.1) is 4.77 Å². The van der Waals surface area contributed by atoms with Crippen LogP contribution < -0.4 is 0 Å². The first-order chi connectivity index (χ1) is 12.8. The zero-order chi connectivity index (χ0) is 17.9. The van der Waals surface area contributed by atoms with Gasteiger partial charge >= 0.3 is 0 Å². The van der Waals surface area contributed by atoms with Crippen LogP contribution in [0.15, 0.2) is 60.5 Å². The molecule has 0 bridgehead atoms. The minimum atomic E-state index is 0.474. The molecule has 1 aromatic carbocycles. The highest BCUT2D eigenvalue weighted by Crippen LogP contribution is 2.34. The number of allylic oxidation sites excluding steroid dienone is 1. The van der Waals surface area contributed by atoms with E-state index in [1.54, 1.807) is 0 Å². The van der Waals surface area contributed by atoms with E-state index in [9.17, 15) is 0 Å². The highest BCUT2D eigenvalue weighted by Gasteiger charge is 2.27. The lowest BCUT2D eigenvalue weighted by molar-refractivity contribution is 0.192. The number of aromatic nitrogens is 3. The van der Waals surface area contributed by atoms with Crippen molar-refractivity contribution in [3.8, 4) is 11.4 Å². The Morgan fingerprint density at radius 3 is 2.81 bits per heavy atom. The first kappa shape index (κ1) is 17.4. The Hall–Kier alpha value is -2.02. The molecule has 2 aromatic heterocycles. The molecule has 0 unspecified atom stereocenters.